The Balaban J connectivity index is 1.49. The molecule has 0 atom stereocenters. The second kappa shape index (κ2) is 8.99. The number of halogens is 2. The number of nitro groups is 1. The average Bonchev–Trinajstić information content (AvgIpc) is 2.70. The standard InChI is InChI=1S/C19H20ClFN4O3/c20-17-5-2-6-18(21)16(17)13-23-7-9-24(10-8-23)19(26)12-22-14-3-1-4-15(11-14)25(27)28/h1-6,11,22H,7-10,12-13H2. The number of carbonyl (C=O) groups excluding carboxylic acids is 1. The Labute approximate surface area is 166 Å². The van der Waals surface area contributed by atoms with E-state index in [1.54, 1.807) is 29.2 Å². The molecule has 0 radical (unpaired) electrons. The van der Waals surface area contributed by atoms with Crippen molar-refractivity contribution in [3.8, 4) is 0 Å². The van der Waals surface area contributed by atoms with Crippen LogP contribution in [0, 0.1) is 15.9 Å². The zero-order chi connectivity index (χ0) is 20.1. The van der Waals surface area contributed by atoms with Gasteiger partial charge in [-0.05, 0) is 18.2 Å². The van der Waals surface area contributed by atoms with Gasteiger partial charge < -0.3 is 10.2 Å². The highest BCUT2D eigenvalue weighted by Gasteiger charge is 2.22. The summed E-state index contributed by atoms with van der Waals surface area (Å²) in [4.78, 5) is 26.5. The van der Waals surface area contributed by atoms with Crippen LogP contribution in [0.3, 0.4) is 0 Å². The maximum absolute atomic E-state index is 13.9. The van der Waals surface area contributed by atoms with Crippen molar-refractivity contribution < 1.29 is 14.1 Å². The number of carbonyl (C=O) groups is 1. The van der Waals surface area contributed by atoms with E-state index in [4.69, 9.17) is 11.6 Å². The molecule has 1 aliphatic rings. The molecule has 1 heterocycles. The van der Waals surface area contributed by atoms with Gasteiger partial charge in [0, 0.05) is 61.1 Å². The molecule has 0 aromatic heterocycles. The first-order valence-electron chi connectivity index (χ1n) is 8.85. The van der Waals surface area contributed by atoms with Crippen LogP contribution in [0.5, 0.6) is 0 Å². The highest BCUT2D eigenvalue weighted by Crippen LogP contribution is 2.21. The first-order chi connectivity index (χ1) is 13.4. The van der Waals surface area contributed by atoms with Crippen LogP contribution in [0.25, 0.3) is 0 Å². The van der Waals surface area contributed by atoms with Gasteiger partial charge in [0.1, 0.15) is 5.82 Å². The quantitative estimate of drug-likeness (QED) is 0.589. The molecule has 7 nitrogen and oxygen atoms in total. The molecule has 1 saturated heterocycles. The van der Waals surface area contributed by atoms with Crippen LogP contribution >= 0.6 is 11.6 Å². The Kier molecular flexibility index (Phi) is 6.43. The minimum absolute atomic E-state index is 0.0298. The Bertz CT molecular complexity index is 852. The van der Waals surface area contributed by atoms with Gasteiger partial charge in [0.25, 0.3) is 5.69 Å². The van der Waals surface area contributed by atoms with Crippen molar-refractivity contribution in [3.05, 3.63) is 69.0 Å². The number of non-ortho nitro benzene ring substituents is 1. The molecule has 148 valence electrons. The Hall–Kier alpha value is -2.71. The van der Waals surface area contributed by atoms with E-state index < -0.39 is 4.92 Å². The predicted octanol–water partition coefficient (Wildman–Crippen LogP) is 3.14. The van der Waals surface area contributed by atoms with E-state index in [9.17, 15) is 19.3 Å². The van der Waals surface area contributed by atoms with Gasteiger partial charge in [0.15, 0.2) is 0 Å². The van der Waals surface area contributed by atoms with Crippen LogP contribution in [-0.2, 0) is 11.3 Å². The Morgan fingerprint density at radius 1 is 1.18 bits per heavy atom. The molecule has 1 fully saturated rings. The van der Waals surface area contributed by atoms with Crippen LogP contribution in [0.15, 0.2) is 42.5 Å². The van der Waals surface area contributed by atoms with Crippen molar-refractivity contribution in [1.82, 2.24) is 9.80 Å². The molecule has 0 spiro atoms. The minimum Gasteiger partial charge on any atom is -0.376 e. The van der Waals surface area contributed by atoms with Gasteiger partial charge in [0.2, 0.25) is 5.91 Å². The van der Waals surface area contributed by atoms with Crippen LogP contribution in [0.2, 0.25) is 5.02 Å². The van der Waals surface area contributed by atoms with Crippen LogP contribution < -0.4 is 5.32 Å². The van der Waals surface area contributed by atoms with Gasteiger partial charge in [-0.2, -0.15) is 0 Å². The summed E-state index contributed by atoms with van der Waals surface area (Å²) in [6.07, 6.45) is 0. The fraction of sp³-hybridized carbons (Fsp3) is 0.316. The minimum atomic E-state index is -0.478. The van der Waals surface area contributed by atoms with Gasteiger partial charge in [-0.15, -0.1) is 0 Å². The largest absolute Gasteiger partial charge is 0.376 e. The van der Waals surface area contributed by atoms with Crippen LogP contribution in [0.4, 0.5) is 15.8 Å². The molecule has 1 N–H and O–H groups in total. The normalized spacial score (nSPS) is 14.7. The van der Waals surface area contributed by atoms with Crippen molar-refractivity contribution in [2.45, 2.75) is 6.54 Å². The fourth-order valence-electron chi connectivity index (χ4n) is 3.08. The summed E-state index contributed by atoms with van der Waals surface area (Å²) in [5.41, 5.74) is 0.963. The molecule has 0 aliphatic carbocycles. The Morgan fingerprint density at radius 3 is 2.57 bits per heavy atom. The van der Waals surface area contributed by atoms with Gasteiger partial charge in [0.05, 0.1) is 11.5 Å². The number of anilines is 1. The molecule has 2 aromatic rings. The zero-order valence-electron chi connectivity index (χ0n) is 15.1. The van der Waals surface area contributed by atoms with Gasteiger partial charge in [-0.1, -0.05) is 23.7 Å². The zero-order valence-corrected chi connectivity index (χ0v) is 15.9. The molecule has 1 aliphatic heterocycles. The second-order valence-electron chi connectivity index (χ2n) is 6.52. The number of benzene rings is 2. The third kappa shape index (κ3) is 4.96. The number of hydrogen-bond acceptors (Lipinski definition) is 5. The molecule has 3 rings (SSSR count). The van der Waals surface area contributed by atoms with Crippen molar-refractivity contribution in [2.24, 2.45) is 0 Å². The maximum atomic E-state index is 13.9. The summed E-state index contributed by atoms with van der Waals surface area (Å²) in [5.74, 6) is -0.415. The lowest BCUT2D eigenvalue weighted by Gasteiger charge is -2.35. The van der Waals surface area contributed by atoms with Gasteiger partial charge in [-0.3, -0.25) is 19.8 Å². The number of nitro benzene ring substituents is 1. The van der Waals surface area contributed by atoms with Gasteiger partial charge >= 0.3 is 0 Å². The molecule has 2 aromatic carbocycles. The molecule has 1 amide bonds. The third-order valence-electron chi connectivity index (χ3n) is 4.67. The Morgan fingerprint density at radius 2 is 1.89 bits per heavy atom. The lowest BCUT2D eigenvalue weighted by Crippen LogP contribution is -2.49. The van der Waals surface area contributed by atoms with Crippen molar-refractivity contribution in [3.63, 3.8) is 0 Å². The van der Waals surface area contributed by atoms with E-state index in [2.05, 4.69) is 10.2 Å². The summed E-state index contributed by atoms with van der Waals surface area (Å²) >= 11 is 6.08. The van der Waals surface area contributed by atoms with E-state index in [0.29, 0.717) is 49.0 Å². The van der Waals surface area contributed by atoms with Gasteiger partial charge in [-0.25, -0.2) is 4.39 Å². The summed E-state index contributed by atoms with van der Waals surface area (Å²) in [6.45, 7) is 2.75. The molecular formula is C19H20ClFN4O3. The number of hydrogen-bond donors (Lipinski definition) is 1. The number of nitrogens with zero attached hydrogens (tertiary/aromatic N) is 3. The SMILES string of the molecule is O=C(CNc1cccc([N+](=O)[O-])c1)N1CCN(Cc2c(F)cccc2Cl)CC1. The first-order valence-corrected chi connectivity index (χ1v) is 9.23. The smallest absolute Gasteiger partial charge is 0.271 e. The average molecular weight is 407 g/mol. The third-order valence-corrected chi connectivity index (χ3v) is 5.02. The van der Waals surface area contributed by atoms with Crippen molar-refractivity contribution in [1.29, 1.82) is 0 Å². The monoisotopic (exact) mass is 406 g/mol. The highest BCUT2D eigenvalue weighted by atomic mass is 35.5. The van der Waals surface area contributed by atoms with Crippen molar-refractivity contribution in [2.75, 3.05) is 38.0 Å². The number of rotatable bonds is 6. The maximum Gasteiger partial charge on any atom is 0.271 e. The fourth-order valence-corrected chi connectivity index (χ4v) is 3.30. The summed E-state index contributed by atoms with van der Waals surface area (Å²) in [7, 11) is 0. The molecule has 9 heteroatoms. The molecule has 0 bridgehead atoms. The van der Waals surface area contributed by atoms with E-state index in [-0.39, 0.29) is 24.0 Å². The lowest BCUT2D eigenvalue weighted by molar-refractivity contribution is -0.384. The first kappa shape index (κ1) is 20.0. The van der Waals surface area contributed by atoms with E-state index in [0.717, 1.165) is 0 Å². The lowest BCUT2D eigenvalue weighted by atomic mass is 10.2. The molecule has 0 unspecified atom stereocenters. The predicted molar refractivity (Wildman–Crippen MR) is 105 cm³/mol. The second-order valence-corrected chi connectivity index (χ2v) is 6.93. The summed E-state index contributed by atoms with van der Waals surface area (Å²) < 4.78 is 13.9. The number of nitrogens with one attached hydrogen (secondary N) is 1. The van der Waals surface area contributed by atoms with Crippen LogP contribution in [0.1, 0.15) is 5.56 Å². The van der Waals surface area contributed by atoms with E-state index in [1.807, 2.05) is 0 Å². The highest BCUT2D eigenvalue weighted by molar-refractivity contribution is 6.31. The van der Waals surface area contributed by atoms with Crippen molar-refractivity contribution >= 4 is 28.9 Å². The topological polar surface area (TPSA) is 78.7 Å². The summed E-state index contributed by atoms with van der Waals surface area (Å²) in [6, 6.07) is 10.7. The van der Waals surface area contributed by atoms with Crippen LogP contribution in [-0.4, -0.2) is 53.4 Å². The van der Waals surface area contributed by atoms with E-state index in [1.165, 1.54) is 18.2 Å². The number of piperazine rings is 1. The molecule has 0 saturated carbocycles. The molecule has 28 heavy (non-hydrogen) atoms. The summed E-state index contributed by atoms with van der Waals surface area (Å²) in [5, 5.41) is 14.1. The van der Waals surface area contributed by atoms with E-state index >= 15 is 0 Å². The number of amides is 1. The molecular weight excluding hydrogens is 387 g/mol.